The molecule has 0 aromatic carbocycles. The second kappa shape index (κ2) is 5.06. The van der Waals surface area contributed by atoms with Gasteiger partial charge in [-0.25, -0.2) is 4.79 Å². The second-order valence-corrected chi connectivity index (χ2v) is 8.56. The molecule has 120 valence electrons. The summed E-state index contributed by atoms with van der Waals surface area (Å²) >= 11 is 3.36. The Balaban J connectivity index is 1.43. The van der Waals surface area contributed by atoms with Gasteiger partial charge in [0.25, 0.3) is 0 Å². The molecular weight excluding hydrogens is 328 g/mol. The van der Waals surface area contributed by atoms with Crippen LogP contribution >= 0.6 is 22.7 Å². The largest absolute Gasteiger partial charge is 0.439 e. The van der Waals surface area contributed by atoms with E-state index in [2.05, 4.69) is 33.9 Å². The molecule has 2 aromatic heterocycles. The minimum absolute atomic E-state index is 0.168. The minimum Gasteiger partial charge on any atom is -0.439 e. The molecule has 0 unspecified atom stereocenters. The van der Waals surface area contributed by atoms with E-state index in [0.717, 1.165) is 37.5 Å². The Labute approximate surface area is 143 Å². The SMILES string of the molecule is O=C1O[C@@]2(CN3CCC2CC3)CN1c1cc(-c2cccs2)cs1. The van der Waals surface area contributed by atoms with Gasteiger partial charge in [0, 0.05) is 28.3 Å². The molecule has 4 aliphatic heterocycles. The van der Waals surface area contributed by atoms with Crippen molar-refractivity contribution in [2.24, 2.45) is 5.92 Å². The number of carbonyl (C=O) groups excluding carboxylic acids is 1. The molecule has 4 nitrogen and oxygen atoms in total. The van der Waals surface area contributed by atoms with Gasteiger partial charge in [0.15, 0.2) is 0 Å². The topological polar surface area (TPSA) is 32.8 Å². The lowest BCUT2D eigenvalue weighted by molar-refractivity contribution is -0.0881. The minimum atomic E-state index is -0.277. The van der Waals surface area contributed by atoms with Crippen LogP contribution in [0.25, 0.3) is 10.4 Å². The first-order valence-corrected chi connectivity index (χ1v) is 9.85. The van der Waals surface area contributed by atoms with Crippen molar-refractivity contribution >= 4 is 33.8 Å². The van der Waals surface area contributed by atoms with Gasteiger partial charge in [-0.3, -0.25) is 9.80 Å². The Bertz CT molecular complexity index is 734. The molecule has 6 heterocycles. The fourth-order valence-corrected chi connectivity index (χ4v) is 5.91. The van der Waals surface area contributed by atoms with E-state index in [-0.39, 0.29) is 11.7 Å². The quantitative estimate of drug-likeness (QED) is 0.827. The number of fused-ring (bicyclic) bond motifs is 2. The summed E-state index contributed by atoms with van der Waals surface area (Å²) in [5, 5.41) is 5.22. The lowest BCUT2D eigenvalue weighted by Crippen LogP contribution is -2.61. The van der Waals surface area contributed by atoms with Crippen LogP contribution in [0.1, 0.15) is 12.8 Å². The average molecular weight is 346 g/mol. The Morgan fingerprint density at radius 3 is 2.78 bits per heavy atom. The highest BCUT2D eigenvalue weighted by Crippen LogP contribution is 2.45. The number of carbonyl (C=O) groups is 1. The molecule has 0 aliphatic carbocycles. The molecule has 1 spiro atoms. The molecule has 4 saturated heterocycles. The van der Waals surface area contributed by atoms with Gasteiger partial charge < -0.3 is 4.74 Å². The van der Waals surface area contributed by atoms with Crippen molar-refractivity contribution in [3.05, 3.63) is 29.0 Å². The van der Waals surface area contributed by atoms with Crippen LogP contribution in [0.3, 0.4) is 0 Å². The lowest BCUT2D eigenvalue weighted by Gasteiger charge is -2.49. The first kappa shape index (κ1) is 14.0. The van der Waals surface area contributed by atoms with Gasteiger partial charge in [-0.15, -0.1) is 22.7 Å². The Morgan fingerprint density at radius 1 is 1.22 bits per heavy atom. The maximum Gasteiger partial charge on any atom is 0.415 e. The fraction of sp³-hybridized carbons (Fsp3) is 0.471. The summed E-state index contributed by atoms with van der Waals surface area (Å²) < 4.78 is 5.95. The summed E-state index contributed by atoms with van der Waals surface area (Å²) in [4.78, 5) is 18.1. The summed E-state index contributed by atoms with van der Waals surface area (Å²) in [6.45, 7) is 3.93. The van der Waals surface area contributed by atoms with E-state index >= 15 is 0 Å². The van der Waals surface area contributed by atoms with Crippen molar-refractivity contribution in [3.8, 4) is 10.4 Å². The molecule has 6 rings (SSSR count). The molecule has 2 aromatic rings. The lowest BCUT2D eigenvalue weighted by atomic mass is 9.75. The van der Waals surface area contributed by atoms with Gasteiger partial charge in [-0.05, 0) is 43.4 Å². The highest BCUT2D eigenvalue weighted by atomic mass is 32.1. The Morgan fingerprint density at radius 2 is 2.09 bits per heavy atom. The molecule has 1 amide bonds. The van der Waals surface area contributed by atoms with E-state index in [4.69, 9.17) is 4.74 Å². The molecule has 6 heteroatoms. The number of amides is 1. The van der Waals surface area contributed by atoms with E-state index in [0.29, 0.717) is 12.5 Å². The van der Waals surface area contributed by atoms with Crippen LogP contribution in [0, 0.1) is 5.92 Å². The highest BCUT2D eigenvalue weighted by molar-refractivity contribution is 7.16. The molecule has 2 bridgehead atoms. The van der Waals surface area contributed by atoms with Crippen LogP contribution in [-0.2, 0) is 4.74 Å². The van der Waals surface area contributed by atoms with Crippen LogP contribution < -0.4 is 4.90 Å². The maximum atomic E-state index is 12.5. The number of hydrogen-bond donors (Lipinski definition) is 0. The van der Waals surface area contributed by atoms with E-state index in [9.17, 15) is 4.79 Å². The monoisotopic (exact) mass is 346 g/mol. The zero-order valence-corrected chi connectivity index (χ0v) is 14.4. The number of rotatable bonds is 2. The highest BCUT2D eigenvalue weighted by Gasteiger charge is 2.55. The smallest absolute Gasteiger partial charge is 0.415 e. The number of piperidine rings is 3. The molecule has 4 fully saturated rings. The van der Waals surface area contributed by atoms with Crippen molar-refractivity contribution in [1.82, 2.24) is 4.90 Å². The van der Waals surface area contributed by atoms with Crippen LogP contribution in [0.2, 0.25) is 0 Å². The molecule has 0 N–H and O–H groups in total. The third kappa shape index (κ3) is 2.16. The summed E-state index contributed by atoms with van der Waals surface area (Å²) in [7, 11) is 0. The number of thiophene rings is 2. The van der Waals surface area contributed by atoms with Gasteiger partial charge in [0.05, 0.1) is 6.54 Å². The average Bonchev–Trinajstić information content (AvgIpc) is 3.28. The van der Waals surface area contributed by atoms with Crippen LogP contribution in [0.4, 0.5) is 9.80 Å². The molecule has 0 saturated carbocycles. The van der Waals surface area contributed by atoms with Crippen molar-refractivity contribution in [2.45, 2.75) is 18.4 Å². The van der Waals surface area contributed by atoms with Gasteiger partial charge >= 0.3 is 6.09 Å². The first-order valence-electron chi connectivity index (χ1n) is 8.09. The number of hydrogen-bond acceptors (Lipinski definition) is 5. The van der Waals surface area contributed by atoms with Crippen molar-refractivity contribution < 1.29 is 9.53 Å². The third-order valence-corrected chi connectivity index (χ3v) is 7.29. The summed E-state index contributed by atoms with van der Waals surface area (Å²) in [5.74, 6) is 0.526. The van der Waals surface area contributed by atoms with Crippen LogP contribution in [-0.4, -0.2) is 42.8 Å². The molecule has 1 atom stereocenters. The van der Waals surface area contributed by atoms with E-state index < -0.39 is 0 Å². The first-order chi connectivity index (χ1) is 11.2. The predicted molar refractivity (Wildman–Crippen MR) is 93.4 cm³/mol. The number of nitrogens with zero attached hydrogens (tertiary/aromatic N) is 2. The van der Waals surface area contributed by atoms with Crippen molar-refractivity contribution in [2.75, 3.05) is 31.1 Å². The standard InChI is InChI=1S/C17H18N2O2S2/c20-16-19(15-8-12(9-23-15)14-2-1-7-22-14)11-17(21-16)10-18-5-3-13(17)4-6-18/h1-2,7-9,13H,3-6,10-11H2/t17-/m0/s1. The van der Waals surface area contributed by atoms with Crippen molar-refractivity contribution in [3.63, 3.8) is 0 Å². The second-order valence-electron chi connectivity index (χ2n) is 6.72. The predicted octanol–water partition coefficient (Wildman–Crippen LogP) is 3.90. The zero-order valence-electron chi connectivity index (χ0n) is 12.7. The zero-order chi connectivity index (χ0) is 15.4. The molecule has 0 radical (unpaired) electrons. The normalized spacial score (nSPS) is 32.7. The van der Waals surface area contributed by atoms with Crippen LogP contribution in [0.15, 0.2) is 29.0 Å². The fourth-order valence-electron chi connectivity index (χ4n) is 4.22. The van der Waals surface area contributed by atoms with Crippen LogP contribution in [0.5, 0.6) is 0 Å². The van der Waals surface area contributed by atoms with E-state index in [1.54, 1.807) is 22.7 Å². The summed E-state index contributed by atoms with van der Waals surface area (Å²) in [5.41, 5.74) is 0.920. The number of anilines is 1. The molecular formula is C17H18N2O2S2. The Hall–Kier alpha value is -1.37. The van der Waals surface area contributed by atoms with Gasteiger partial charge in [-0.2, -0.15) is 0 Å². The van der Waals surface area contributed by atoms with Gasteiger partial charge in [0.1, 0.15) is 10.6 Å². The number of ether oxygens (including phenoxy) is 1. The van der Waals surface area contributed by atoms with E-state index in [1.165, 1.54) is 10.4 Å². The van der Waals surface area contributed by atoms with Gasteiger partial charge in [-0.1, -0.05) is 6.07 Å². The molecule has 23 heavy (non-hydrogen) atoms. The third-order valence-electron chi connectivity index (χ3n) is 5.42. The van der Waals surface area contributed by atoms with Gasteiger partial charge in [0.2, 0.25) is 0 Å². The summed E-state index contributed by atoms with van der Waals surface area (Å²) in [6.07, 6.45) is 2.15. The Kier molecular flexibility index (Phi) is 3.08. The molecule has 4 aliphatic rings. The van der Waals surface area contributed by atoms with E-state index in [1.807, 2.05) is 4.90 Å². The van der Waals surface area contributed by atoms with Crippen molar-refractivity contribution in [1.29, 1.82) is 0 Å². The summed E-state index contributed by atoms with van der Waals surface area (Å²) in [6, 6.07) is 6.30. The maximum absolute atomic E-state index is 12.5.